The molecule has 0 radical (unpaired) electrons. The highest BCUT2D eigenvalue weighted by molar-refractivity contribution is 6.39. The van der Waals surface area contributed by atoms with Crippen molar-refractivity contribution in [2.75, 3.05) is 13.1 Å². The molecule has 7 heteroatoms. The van der Waals surface area contributed by atoms with Crippen LogP contribution in [0.5, 0.6) is 0 Å². The maximum absolute atomic E-state index is 12.5. The largest absolute Gasteiger partial charge is 0.337 e. The molecule has 1 aromatic carbocycles. The highest BCUT2D eigenvalue weighted by atomic mass is 16.2. The van der Waals surface area contributed by atoms with Crippen molar-refractivity contribution in [3.8, 4) is 0 Å². The topological polar surface area (TPSA) is 90.5 Å². The summed E-state index contributed by atoms with van der Waals surface area (Å²) in [6.45, 7) is 1.38. The van der Waals surface area contributed by atoms with E-state index in [-0.39, 0.29) is 11.8 Å². The summed E-state index contributed by atoms with van der Waals surface area (Å²) >= 11 is 0. The molecule has 0 saturated carbocycles. The van der Waals surface area contributed by atoms with Gasteiger partial charge < -0.3 is 4.90 Å². The second-order valence-corrected chi connectivity index (χ2v) is 7.14. The summed E-state index contributed by atoms with van der Waals surface area (Å²) in [6.07, 6.45) is 3.38. The molecule has 1 saturated heterocycles. The summed E-state index contributed by atoms with van der Waals surface area (Å²) in [7, 11) is 0. The van der Waals surface area contributed by atoms with Crippen LogP contribution < -0.4 is 5.43 Å². The molecule has 2 aliphatic heterocycles. The van der Waals surface area contributed by atoms with Gasteiger partial charge in [0, 0.05) is 44.0 Å². The number of carbonyl (C=O) groups excluding carboxylic acids is 2. The van der Waals surface area contributed by atoms with Gasteiger partial charge in [-0.3, -0.25) is 14.7 Å². The third-order valence-corrected chi connectivity index (χ3v) is 5.24. The number of H-pyrrole nitrogens is 1. The lowest BCUT2D eigenvalue weighted by Gasteiger charge is -2.31. The van der Waals surface area contributed by atoms with Gasteiger partial charge in [0.15, 0.2) is 0 Å². The smallest absolute Gasteiger partial charge is 0.270 e. The van der Waals surface area contributed by atoms with Gasteiger partial charge in [0.2, 0.25) is 5.91 Å². The SMILES string of the molecule is O=C1CCC(C(=O)N2CCC(c3cc(Cc4ccccc4)[nH]n3)CC2)=NN1. The van der Waals surface area contributed by atoms with E-state index in [1.54, 1.807) is 0 Å². The van der Waals surface area contributed by atoms with Crippen LogP contribution in [-0.4, -0.2) is 45.7 Å². The summed E-state index contributed by atoms with van der Waals surface area (Å²) in [5.41, 5.74) is 6.30. The van der Waals surface area contributed by atoms with Crippen molar-refractivity contribution < 1.29 is 9.59 Å². The second kappa shape index (κ2) is 7.73. The Balaban J connectivity index is 1.33. The fraction of sp³-hybridized carbons (Fsp3) is 0.400. The monoisotopic (exact) mass is 365 g/mol. The molecule has 27 heavy (non-hydrogen) atoms. The average molecular weight is 365 g/mol. The number of benzene rings is 1. The number of hydrogen-bond donors (Lipinski definition) is 2. The number of rotatable bonds is 4. The van der Waals surface area contributed by atoms with Crippen LogP contribution in [0.4, 0.5) is 0 Å². The Morgan fingerprint density at radius 3 is 2.63 bits per heavy atom. The summed E-state index contributed by atoms with van der Waals surface area (Å²) < 4.78 is 0. The van der Waals surface area contributed by atoms with Crippen molar-refractivity contribution in [1.82, 2.24) is 20.5 Å². The van der Waals surface area contributed by atoms with Crippen LogP contribution in [0.25, 0.3) is 0 Å². The molecule has 0 bridgehead atoms. The molecule has 7 nitrogen and oxygen atoms in total. The van der Waals surface area contributed by atoms with Gasteiger partial charge in [0.1, 0.15) is 5.71 Å². The first-order chi connectivity index (χ1) is 13.2. The van der Waals surface area contributed by atoms with Crippen LogP contribution in [0.15, 0.2) is 41.5 Å². The van der Waals surface area contributed by atoms with Crippen molar-refractivity contribution in [3.63, 3.8) is 0 Å². The predicted octanol–water partition coefficient (Wildman–Crippen LogP) is 1.97. The van der Waals surface area contributed by atoms with E-state index in [0.717, 1.165) is 30.7 Å². The van der Waals surface area contributed by atoms with Crippen molar-refractivity contribution in [2.24, 2.45) is 5.10 Å². The van der Waals surface area contributed by atoms with Crippen LogP contribution in [0.3, 0.4) is 0 Å². The van der Waals surface area contributed by atoms with Gasteiger partial charge in [-0.05, 0) is 24.5 Å². The number of carbonyl (C=O) groups is 2. The fourth-order valence-electron chi connectivity index (χ4n) is 3.68. The Morgan fingerprint density at radius 2 is 1.93 bits per heavy atom. The van der Waals surface area contributed by atoms with E-state index >= 15 is 0 Å². The van der Waals surface area contributed by atoms with Gasteiger partial charge >= 0.3 is 0 Å². The molecule has 0 spiro atoms. The average Bonchev–Trinajstić information content (AvgIpc) is 3.17. The number of aromatic amines is 1. The number of nitrogens with zero attached hydrogens (tertiary/aromatic N) is 3. The van der Waals surface area contributed by atoms with Gasteiger partial charge in [-0.2, -0.15) is 10.2 Å². The van der Waals surface area contributed by atoms with E-state index < -0.39 is 0 Å². The third kappa shape index (κ3) is 4.07. The molecule has 0 atom stereocenters. The first kappa shape index (κ1) is 17.5. The standard InChI is InChI=1S/C20H23N5O2/c26-19-7-6-17(22-24-19)20(27)25-10-8-15(9-11-25)18-13-16(21-23-18)12-14-4-2-1-3-5-14/h1-5,13,15H,6-12H2,(H,21,23)(H,24,26). The zero-order valence-corrected chi connectivity index (χ0v) is 15.1. The minimum Gasteiger partial charge on any atom is -0.337 e. The quantitative estimate of drug-likeness (QED) is 0.868. The Bertz CT molecular complexity index is 850. The van der Waals surface area contributed by atoms with E-state index in [2.05, 4.69) is 38.9 Å². The first-order valence-corrected chi connectivity index (χ1v) is 9.42. The van der Waals surface area contributed by atoms with Crippen LogP contribution in [-0.2, 0) is 16.0 Å². The molecule has 2 amide bonds. The first-order valence-electron chi connectivity index (χ1n) is 9.42. The van der Waals surface area contributed by atoms with E-state index in [9.17, 15) is 9.59 Å². The lowest BCUT2D eigenvalue weighted by atomic mass is 9.92. The van der Waals surface area contributed by atoms with E-state index in [0.29, 0.717) is 37.6 Å². The number of likely N-dealkylation sites (tertiary alicyclic amines) is 1. The van der Waals surface area contributed by atoms with E-state index in [4.69, 9.17) is 0 Å². The Labute approximate surface area is 157 Å². The fourth-order valence-corrected chi connectivity index (χ4v) is 3.68. The van der Waals surface area contributed by atoms with Gasteiger partial charge in [-0.15, -0.1) is 0 Å². The maximum atomic E-state index is 12.5. The van der Waals surface area contributed by atoms with E-state index in [1.165, 1.54) is 5.56 Å². The highest BCUT2D eigenvalue weighted by Gasteiger charge is 2.29. The maximum Gasteiger partial charge on any atom is 0.270 e. The lowest BCUT2D eigenvalue weighted by molar-refractivity contribution is -0.125. The molecule has 1 aromatic heterocycles. The normalized spacial score (nSPS) is 18.1. The Hall–Kier alpha value is -2.96. The number of aromatic nitrogens is 2. The minimum absolute atomic E-state index is 0.0553. The van der Waals surface area contributed by atoms with Gasteiger partial charge in [0.25, 0.3) is 5.91 Å². The molecular weight excluding hydrogens is 342 g/mol. The van der Waals surface area contributed by atoms with Gasteiger partial charge in [-0.25, -0.2) is 5.43 Å². The minimum atomic E-state index is -0.130. The molecule has 1 fully saturated rings. The van der Waals surface area contributed by atoms with Crippen LogP contribution in [0.1, 0.15) is 48.6 Å². The Morgan fingerprint density at radius 1 is 1.15 bits per heavy atom. The zero-order chi connectivity index (χ0) is 18.6. The van der Waals surface area contributed by atoms with E-state index in [1.807, 2.05) is 23.1 Å². The predicted molar refractivity (Wildman–Crippen MR) is 101 cm³/mol. The van der Waals surface area contributed by atoms with Crippen molar-refractivity contribution in [3.05, 3.63) is 53.3 Å². The van der Waals surface area contributed by atoms with Crippen molar-refractivity contribution in [1.29, 1.82) is 0 Å². The molecule has 2 N–H and O–H groups in total. The van der Waals surface area contributed by atoms with Crippen LogP contribution >= 0.6 is 0 Å². The number of nitrogens with one attached hydrogen (secondary N) is 2. The molecule has 0 aliphatic carbocycles. The van der Waals surface area contributed by atoms with Crippen molar-refractivity contribution in [2.45, 2.75) is 38.0 Å². The number of hydrogen-bond acceptors (Lipinski definition) is 4. The zero-order valence-electron chi connectivity index (χ0n) is 15.1. The number of hydrazone groups is 1. The molecular formula is C20H23N5O2. The van der Waals surface area contributed by atoms with Crippen LogP contribution in [0.2, 0.25) is 0 Å². The number of amides is 2. The summed E-state index contributed by atoms with van der Waals surface area (Å²) in [6, 6.07) is 12.5. The summed E-state index contributed by atoms with van der Waals surface area (Å²) in [5, 5.41) is 11.6. The summed E-state index contributed by atoms with van der Waals surface area (Å²) in [4.78, 5) is 25.5. The number of piperidine rings is 1. The van der Waals surface area contributed by atoms with Crippen molar-refractivity contribution >= 4 is 17.5 Å². The molecule has 4 rings (SSSR count). The molecule has 0 unspecified atom stereocenters. The van der Waals surface area contributed by atoms with Crippen LogP contribution in [0, 0.1) is 0 Å². The molecule has 140 valence electrons. The Kier molecular flexibility index (Phi) is 5.00. The molecule has 2 aromatic rings. The second-order valence-electron chi connectivity index (χ2n) is 7.14. The molecule has 2 aliphatic rings. The summed E-state index contributed by atoms with van der Waals surface area (Å²) in [5.74, 6) is 0.179. The van der Waals surface area contributed by atoms with Gasteiger partial charge in [0.05, 0.1) is 5.69 Å². The molecule has 3 heterocycles. The lowest BCUT2D eigenvalue weighted by Crippen LogP contribution is -2.43. The third-order valence-electron chi connectivity index (χ3n) is 5.24. The van der Waals surface area contributed by atoms with Gasteiger partial charge in [-0.1, -0.05) is 30.3 Å². The highest BCUT2D eigenvalue weighted by Crippen LogP contribution is 2.27.